The number of hydrogen-bond donors (Lipinski definition) is 1. The van der Waals surface area contributed by atoms with Crippen molar-refractivity contribution in [2.45, 2.75) is 39.8 Å². The molecule has 2 aromatic rings. The van der Waals surface area contributed by atoms with Crippen molar-refractivity contribution in [1.82, 2.24) is 15.3 Å². The fraction of sp³-hybridized carbons (Fsp3) is 0.375. The molecule has 0 aliphatic carbocycles. The molecule has 0 saturated carbocycles. The molecule has 1 aromatic heterocycles. The number of hydrogen-bond acceptors (Lipinski definition) is 3. The van der Waals surface area contributed by atoms with Gasteiger partial charge in [-0.05, 0) is 24.5 Å². The number of halogens is 1. The molecule has 104 valence electrons. The number of rotatable bonds is 2. The number of benzene rings is 1. The molecule has 0 amide bonds. The van der Waals surface area contributed by atoms with Gasteiger partial charge >= 0.3 is 0 Å². The van der Waals surface area contributed by atoms with Crippen LogP contribution in [0.1, 0.15) is 42.3 Å². The normalized spacial score (nSPS) is 13.8. The van der Waals surface area contributed by atoms with Crippen molar-refractivity contribution < 1.29 is 4.39 Å². The van der Waals surface area contributed by atoms with Crippen molar-refractivity contribution in [2.75, 3.05) is 0 Å². The third kappa shape index (κ3) is 2.20. The fourth-order valence-electron chi connectivity index (χ4n) is 2.53. The van der Waals surface area contributed by atoms with Gasteiger partial charge in [0.05, 0.1) is 11.4 Å². The van der Waals surface area contributed by atoms with E-state index in [0.29, 0.717) is 17.3 Å². The van der Waals surface area contributed by atoms with E-state index in [0.717, 1.165) is 30.0 Å². The van der Waals surface area contributed by atoms with E-state index in [-0.39, 0.29) is 5.82 Å². The van der Waals surface area contributed by atoms with Crippen molar-refractivity contribution >= 4 is 0 Å². The van der Waals surface area contributed by atoms with Crippen molar-refractivity contribution in [1.29, 1.82) is 0 Å². The van der Waals surface area contributed by atoms with Crippen LogP contribution in [-0.4, -0.2) is 9.97 Å². The third-order valence-electron chi connectivity index (χ3n) is 3.70. The van der Waals surface area contributed by atoms with Crippen molar-refractivity contribution in [3.05, 3.63) is 46.5 Å². The minimum Gasteiger partial charge on any atom is -0.307 e. The van der Waals surface area contributed by atoms with Gasteiger partial charge in [0.25, 0.3) is 0 Å². The summed E-state index contributed by atoms with van der Waals surface area (Å²) in [6, 6.07) is 5.17. The molecule has 3 rings (SSSR count). The summed E-state index contributed by atoms with van der Waals surface area (Å²) < 4.78 is 13.7. The fourth-order valence-corrected chi connectivity index (χ4v) is 2.53. The number of nitrogens with zero attached hydrogens (tertiary/aromatic N) is 2. The maximum Gasteiger partial charge on any atom is 0.159 e. The second-order valence-electron chi connectivity index (χ2n) is 5.58. The highest BCUT2D eigenvalue weighted by atomic mass is 19.1. The molecule has 2 heterocycles. The van der Waals surface area contributed by atoms with Gasteiger partial charge in [0.2, 0.25) is 0 Å². The van der Waals surface area contributed by atoms with Gasteiger partial charge in [-0.1, -0.05) is 26.0 Å². The Balaban J connectivity index is 2.14. The lowest BCUT2D eigenvalue weighted by Crippen LogP contribution is -2.05. The van der Waals surface area contributed by atoms with Gasteiger partial charge in [0.1, 0.15) is 5.82 Å². The first-order valence-electron chi connectivity index (χ1n) is 6.93. The predicted octanol–water partition coefficient (Wildman–Crippen LogP) is 3.32. The summed E-state index contributed by atoms with van der Waals surface area (Å²) in [6.07, 6.45) is 0. The van der Waals surface area contributed by atoms with Crippen molar-refractivity contribution in [3.8, 4) is 11.4 Å². The van der Waals surface area contributed by atoms with E-state index in [2.05, 4.69) is 29.1 Å². The van der Waals surface area contributed by atoms with Crippen LogP contribution in [-0.2, 0) is 13.1 Å². The Morgan fingerprint density at radius 1 is 1.20 bits per heavy atom. The summed E-state index contributed by atoms with van der Waals surface area (Å²) in [5.74, 6) is 0.742. The molecule has 3 nitrogen and oxygen atoms in total. The molecular formula is C16H18FN3. The van der Waals surface area contributed by atoms with Gasteiger partial charge in [-0.25, -0.2) is 14.4 Å². The van der Waals surface area contributed by atoms with Crippen LogP contribution in [0.2, 0.25) is 0 Å². The molecule has 0 saturated heterocycles. The average Bonchev–Trinajstić information content (AvgIpc) is 2.88. The number of fused-ring (bicyclic) bond motifs is 1. The van der Waals surface area contributed by atoms with Gasteiger partial charge in [-0.2, -0.15) is 0 Å². The molecule has 0 fully saturated rings. The SMILES string of the molecule is Cc1ccc(-c2nc3c(c(C(C)C)n2)CNC3)cc1F. The standard InChI is InChI=1S/C16H18FN3/c1-9(2)15-12-7-18-8-14(12)19-16(20-15)11-5-4-10(3)13(17)6-11/h4-6,9,18H,7-8H2,1-3H3. The summed E-state index contributed by atoms with van der Waals surface area (Å²) >= 11 is 0. The van der Waals surface area contributed by atoms with Crippen molar-refractivity contribution in [2.24, 2.45) is 0 Å². The molecule has 1 aliphatic rings. The predicted molar refractivity (Wildman–Crippen MR) is 76.8 cm³/mol. The van der Waals surface area contributed by atoms with E-state index < -0.39 is 0 Å². The molecule has 1 aromatic carbocycles. The zero-order valence-electron chi connectivity index (χ0n) is 12.0. The summed E-state index contributed by atoms with van der Waals surface area (Å²) in [7, 11) is 0. The largest absolute Gasteiger partial charge is 0.307 e. The maximum atomic E-state index is 13.7. The first-order valence-corrected chi connectivity index (χ1v) is 6.93. The second kappa shape index (κ2) is 4.94. The van der Waals surface area contributed by atoms with Gasteiger partial charge in [0.15, 0.2) is 5.82 Å². The highest BCUT2D eigenvalue weighted by Gasteiger charge is 2.21. The summed E-state index contributed by atoms with van der Waals surface area (Å²) in [6.45, 7) is 7.59. The topological polar surface area (TPSA) is 37.8 Å². The number of nitrogens with one attached hydrogen (secondary N) is 1. The Morgan fingerprint density at radius 3 is 2.70 bits per heavy atom. The summed E-state index contributed by atoms with van der Waals surface area (Å²) in [5.41, 5.74) is 4.69. The van der Waals surface area contributed by atoms with Crippen LogP contribution in [0.5, 0.6) is 0 Å². The Labute approximate surface area is 118 Å². The Morgan fingerprint density at radius 2 is 2.00 bits per heavy atom. The van der Waals surface area contributed by atoms with Crippen molar-refractivity contribution in [3.63, 3.8) is 0 Å². The Hall–Kier alpha value is -1.81. The highest BCUT2D eigenvalue weighted by molar-refractivity contribution is 5.57. The molecule has 1 N–H and O–H groups in total. The highest BCUT2D eigenvalue weighted by Crippen LogP contribution is 2.27. The molecule has 0 spiro atoms. The minimum atomic E-state index is -0.212. The smallest absolute Gasteiger partial charge is 0.159 e. The first-order chi connectivity index (χ1) is 9.56. The molecule has 0 radical (unpaired) electrons. The van der Waals surface area contributed by atoms with Gasteiger partial charge in [0, 0.05) is 24.2 Å². The molecule has 0 atom stereocenters. The molecule has 1 aliphatic heterocycles. The van der Waals surface area contributed by atoms with Crippen LogP contribution < -0.4 is 5.32 Å². The van der Waals surface area contributed by atoms with E-state index in [1.165, 1.54) is 11.6 Å². The van der Waals surface area contributed by atoms with Crippen LogP contribution in [0.4, 0.5) is 4.39 Å². The molecule has 0 unspecified atom stereocenters. The zero-order chi connectivity index (χ0) is 14.3. The summed E-state index contributed by atoms with van der Waals surface area (Å²) in [5, 5.41) is 3.31. The van der Waals surface area contributed by atoms with Gasteiger partial charge in [-0.3, -0.25) is 0 Å². The van der Waals surface area contributed by atoms with E-state index in [1.807, 2.05) is 6.07 Å². The quantitative estimate of drug-likeness (QED) is 0.910. The van der Waals surface area contributed by atoms with Crippen LogP contribution in [0.15, 0.2) is 18.2 Å². The summed E-state index contributed by atoms with van der Waals surface area (Å²) in [4.78, 5) is 9.26. The molecule has 4 heteroatoms. The minimum absolute atomic E-state index is 0.212. The average molecular weight is 271 g/mol. The lowest BCUT2D eigenvalue weighted by molar-refractivity contribution is 0.619. The lowest BCUT2D eigenvalue weighted by atomic mass is 10.0. The van der Waals surface area contributed by atoms with Crippen LogP contribution >= 0.6 is 0 Å². The Kier molecular flexibility index (Phi) is 3.26. The lowest BCUT2D eigenvalue weighted by Gasteiger charge is -2.12. The molecular weight excluding hydrogens is 253 g/mol. The Bertz CT molecular complexity index is 665. The van der Waals surface area contributed by atoms with Crippen LogP contribution in [0, 0.1) is 12.7 Å². The van der Waals surface area contributed by atoms with E-state index in [9.17, 15) is 4.39 Å². The van der Waals surface area contributed by atoms with E-state index in [1.54, 1.807) is 13.0 Å². The maximum absolute atomic E-state index is 13.7. The van der Waals surface area contributed by atoms with E-state index >= 15 is 0 Å². The number of aryl methyl sites for hydroxylation is 1. The van der Waals surface area contributed by atoms with Gasteiger partial charge in [-0.15, -0.1) is 0 Å². The second-order valence-corrected chi connectivity index (χ2v) is 5.58. The third-order valence-corrected chi connectivity index (χ3v) is 3.70. The van der Waals surface area contributed by atoms with Crippen LogP contribution in [0.25, 0.3) is 11.4 Å². The number of aromatic nitrogens is 2. The monoisotopic (exact) mass is 271 g/mol. The van der Waals surface area contributed by atoms with Gasteiger partial charge < -0.3 is 5.32 Å². The first kappa shape index (κ1) is 13.2. The zero-order valence-corrected chi connectivity index (χ0v) is 12.0. The van der Waals surface area contributed by atoms with E-state index in [4.69, 9.17) is 0 Å². The van der Waals surface area contributed by atoms with Crippen LogP contribution in [0.3, 0.4) is 0 Å². The molecule has 0 bridgehead atoms. The molecule has 20 heavy (non-hydrogen) atoms.